The quantitative estimate of drug-likeness (QED) is 0.383. The summed E-state index contributed by atoms with van der Waals surface area (Å²) in [4.78, 5) is 11.5. The van der Waals surface area contributed by atoms with Gasteiger partial charge in [-0.3, -0.25) is 4.79 Å². The Labute approximate surface area is 187 Å². The lowest BCUT2D eigenvalue weighted by Crippen LogP contribution is -2.53. The van der Waals surface area contributed by atoms with E-state index in [2.05, 4.69) is 62.1 Å². The Kier molecular flexibility index (Phi) is 5.28. The second-order valence-electron chi connectivity index (χ2n) is 11.1. The first-order chi connectivity index (χ1) is 14.9. The first-order valence-electron chi connectivity index (χ1n) is 12.3. The highest BCUT2D eigenvalue weighted by atomic mass is 16.5. The number of ether oxygens (including phenoxy) is 1. The summed E-state index contributed by atoms with van der Waals surface area (Å²) < 4.78 is 5.62. The van der Waals surface area contributed by atoms with Gasteiger partial charge >= 0.3 is 5.97 Å². The van der Waals surface area contributed by atoms with Gasteiger partial charge in [0, 0.05) is 23.5 Å². The second kappa shape index (κ2) is 7.84. The van der Waals surface area contributed by atoms with Gasteiger partial charge in [0.15, 0.2) is 0 Å². The molecule has 164 valence electrons. The fourth-order valence-electron chi connectivity index (χ4n) is 7.98. The molecule has 2 heteroatoms. The van der Waals surface area contributed by atoms with E-state index in [9.17, 15) is 4.79 Å². The molecular formula is C29H36O2. The SMILES string of the molecule is CC(=O)OC1CCC2(C)C(CCC3C4CC=C(C#Cc5ccccc5)C4(C)CCC32)C1. The summed E-state index contributed by atoms with van der Waals surface area (Å²) in [6.45, 7) is 6.62. The Bertz CT molecular complexity index is 934. The number of fused-ring (bicyclic) bond motifs is 5. The third kappa shape index (κ3) is 3.55. The molecule has 0 N–H and O–H groups in total. The largest absolute Gasteiger partial charge is 0.463 e. The van der Waals surface area contributed by atoms with Crippen LogP contribution in [0.4, 0.5) is 0 Å². The normalized spacial score (nSPS) is 41.0. The summed E-state index contributed by atoms with van der Waals surface area (Å²) in [5.41, 5.74) is 3.17. The van der Waals surface area contributed by atoms with Crippen molar-refractivity contribution in [3.05, 3.63) is 47.5 Å². The van der Waals surface area contributed by atoms with Crippen LogP contribution < -0.4 is 0 Å². The van der Waals surface area contributed by atoms with Gasteiger partial charge in [-0.15, -0.1) is 0 Å². The van der Waals surface area contributed by atoms with E-state index in [1.165, 1.54) is 44.1 Å². The summed E-state index contributed by atoms with van der Waals surface area (Å²) in [5, 5.41) is 0. The number of carbonyl (C=O) groups excluding carboxylic acids is 1. The van der Waals surface area contributed by atoms with E-state index in [1.54, 1.807) is 6.92 Å². The van der Waals surface area contributed by atoms with Gasteiger partial charge in [-0.25, -0.2) is 0 Å². The number of rotatable bonds is 1. The third-order valence-electron chi connectivity index (χ3n) is 9.65. The lowest BCUT2D eigenvalue weighted by atomic mass is 9.44. The number of carbonyl (C=O) groups is 1. The molecule has 0 amide bonds. The Morgan fingerprint density at radius 3 is 2.58 bits per heavy atom. The topological polar surface area (TPSA) is 26.3 Å². The minimum atomic E-state index is -0.114. The fourth-order valence-corrected chi connectivity index (χ4v) is 7.98. The van der Waals surface area contributed by atoms with Crippen LogP contribution in [0.2, 0.25) is 0 Å². The van der Waals surface area contributed by atoms with Crippen LogP contribution in [0.15, 0.2) is 42.0 Å². The number of hydrogen-bond donors (Lipinski definition) is 0. The highest BCUT2D eigenvalue weighted by Gasteiger charge is 2.58. The van der Waals surface area contributed by atoms with Crippen molar-refractivity contribution < 1.29 is 9.53 Å². The molecule has 7 atom stereocenters. The van der Waals surface area contributed by atoms with Crippen LogP contribution in [0.5, 0.6) is 0 Å². The van der Waals surface area contributed by atoms with Gasteiger partial charge in [-0.1, -0.05) is 50.0 Å². The fraction of sp³-hybridized carbons (Fsp3) is 0.621. The van der Waals surface area contributed by atoms with Crippen LogP contribution >= 0.6 is 0 Å². The maximum Gasteiger partial charge on any atom is 0.302 e. The zero-order valence-corrected chi connectivity index (χ0v) is 19.3. The summed E-state index contributed by atoms with van der Waals surface area (Å²) in [7, 11) is 0. The molecular weight excluding hydrogens is 380 g/mol. The average Bonchev–Trinajstić information content (AvgIpc) is 3.09. The van der Waals surface area contributed by atoms with Gasteiger partial charge in [0.2, 0.25) is 0 Å². The second-order valence-corrected chi connectivity index (χ2v) is 11.1. The van der Waals surface area contributed by atoms with E-state index < -0.39 is 0 Å². The standard InChI is InChI=1S/C29H36O2/c1-20(30)31-24-15-17-29(3)23(19-24)11-13-25-26-14-12-22(28(26,2)18-16-27(25)29)10-9-21-7-5-4-6-8-21/h4-8,12,23-27H,11,13-19H2,1-3H3. The van der Waals surface area contributed by atoms with E-state index in [0.29, 0.717) is 11.3 Å². The van der Waals surface area contributed by atoms with Crippen LogP contribution in [0, 0.1) is 46.3 Å². The van der Waals surface area contributed by atoms with Gasteiger partial charge in [0.25, 0.3) is 0 Å². The molecule has 0 bridgehead atoms. The minimum Gasteiger partial charge on any atom is -0.463 e. The van der Waals surface area contributed by atoms with Gasteiger partial charge in [0.05, 0.1) is 0 Å². The Morgan fingerprint density at radius 1 is 1.00 bits per heavy atom. The van der Waals surface area contributed by atoms with Crippen molar-refractivity contribution in [1.82, 2.24) is 0 Å². The number of esters is 1. The molecule has 3 saturated carbocycles. The van der Waals surface area contributed by atoms with E-state index in [0.717, 1.165) is 36.2 Å². The Hall–Kier alpha value is -2.01. The molecule has 4 aliphatic rings. The third-order valence-corrected chi connectivity index (χ3v) is 9.65. The summed E-state index contributed by atoms with van der Waals surface area (Å²) in [6.07, 6.45) is 12.4. The van der Waals surface area contributed by atoms with E-state index in [4.69, 9.17) is 4.74 Å². The van der Waals surface area contributed by atoms with Crippen molar-refractivity contribution in [2.24, 2.45) is 34.5 Å². The molecule has 5 rings (SSSR count). The molecule has 4 aliphatic carbocycles. The van der Waals surface area contributed by atoms with Gasteiger partial charge in [0.1, 0.15) is 6.10 Å². The monoisotopic (exact) mass is 416 g/mol. The summed E-state index contributed by atoms with van der Waals surface area (Å²) in [6, 6.07) is 10.4. The van der Waals surface area contributed by atoms with Crippen LogP contribution in [0.3, 0.4) is 0 Å². The summed E-state index contributed by atoms with van der Waals surface area (Å²) in [5.74, 6) is 9.99. The smallest absolute Gasteiger partial charge is 0.302 e. The predicted molar refractivity (Wildman–Crippen MR) is 124 cm³/mol. The molecule has 0 heterocycles. The molecule has 0 spiro atoms. The van der Waals surface area contributed by atoms with Crippen LogP contribution in [0.1, 0.15) is 77.7 Å². The molecule has 1 aromatic rings. The Morgan fingerprint density at radius 2 is 1.81 bits per heavy atom. The van der Waals surface area contributed by atoms with Crippen molar-refractivity contribution in [2.75, 3.05) is 0 Å². The van der Waals surface area contributed by atoms with Gasteiger partial charge in [-0.2, -0.15) is 0 Å². The average molecular weight is 417 g/mol. The maximum absolute atomic E-state index is 11.5. The molecule has 0 aliphatic heterocycles. The van der Waals surface area contributed by atoms with Gasteiger partial charge < -0.3 is 4.74 Å². The van der Waals surface area contributed by atoms with Crippen molar-refractivity contribution in [3.63, 3.8) is 0 Å². The number of allylic oxidation sites excluding steroid dienone is 2. The molecule has 0 aromatic heterocycles. The molecule has 3 fully saturated rings. The zero-order valence-electron chi connectivity index (χ0n) is 19.3. The molecule has 7 unspecified atom stereocenters. The zero-order chi connectivity index (χ0) is 21.6. The van der Waals surface area contributed by atoms with E-state index in [-0.39, 0.29) is 17.5 Å². The van der Waals surface area contributed by atoms with Crippen LogP contribution in [-0.2, 0) is 9.53 Å². The number of hydrogen-bond acceptors (Lipinski definition) is 2. The highest BCUT2D eigenvalue weighted by Crippen LogP contribution is 2.66. The Balaban J connectivity index is 1.33. The van der Waals surface area contributed by atoms with E-state index >= 15 is 0 Å². The lowest BCUT2D eigenvalue weighted by molar-refractivity contribution is -0.158. The summed E-state index contributed by atoms with van der Waals surface area (Å²) >= 11 is 0. The maximum atomic E-state index is 11.5. The minimum absolute atomic E-state index is 0.114. The van der Waals surface area contributed by atoms with Gasteiger partial charge in [-0.05, 0) is 92.6 Å². The molecule has 0 radical (unpaired) electrons. The highest BCUT2D eigenvalue weighted by molar-refractivity contribution is 5.66. The van der Waals surface area contributed by atoms with Crippen LogP contribution in [0.25, 0.3) is 0 Å². The van der Waals surface area contributed by atoms with Crippen LogP contribution in [-0.4, -0.2) is 12.1 Å². The number of benzene rings is 1. The lowest BCUT2D eigenvalue weighted by Gasteiger charge is -2.60. The first kappa shape index (κ1) is 20.9. The van der Waals surface area contributed by atoms with Crippen molar-refractivity contribution >= 4 is 5.97 Å². The predicted octanol–water partition coefficient (Wildman–Crippen LogP) is 6.55. The van der Waals surface area contributed by atoms with E-state index in [1.807, 2.05) is 0 Å². The molecule has 31 heavy (non-hydrogen) atoms. The van der Waals surface area contributed by atoms with Crippen molar-refractivity contribution in [2.45, 2.75) is 78.2 Å². The molecule has 2 nitrogen and oxygen atoms in total. The molecule has 1 aromatic carbocycles. The first-order valence-corrected chi connectivity index (χ1v) is 12.3. The van der Waals surface area contributed by atoms with Crippen molar-refractivity contribution in [1.29, 1.82) is 0 Å². The van der Waals surface area contributed by atoms with Crippen molar-refractivity contribution in [3.8, 4) is 11.8 Å². The molecule has 0 saturated heterocycles.